The summed E-state index contributed by atoms with van der Waals surface area (Å²) in [6.07, 6.45) is 0.197. The molecule has 0 bridgehead atoms. The molecular weight excluding hydrogens is 431 g/mol. The molecule has 0 radical (unpaired) electrons. The summed E-state index contributed by atoms with van der Waals surface area (Å²) in [7, 11) is 0. The van der Waals surface area contributed by atoms with Crippen molar-refractivity contribution in [1.82, 2.24) is 9.80 Å². The fourth-order valence-electron chi connectivity index (χ4n) is 3.22. The van der Waals surface area contributed by atoms with Crippen molar-refractivity contribution in [2.45, 2.75) is 6.42 Å². The minimum absolute atomic E-state index is 0.140. The molecule has 1 heterocycles. The van der Waals surface area contributed by atoms with Crippen molar-refractivity contribution in [3.05, 3.63) is 68.2 Å². The average molecular weight is 451 g/mol. The Hall–Kier alpha value is -2.68. The summed E-state index contributed by atoms with van der Waals surface area (Å²) in [5, 5.41) is 14.4. The Kier molecular flexibility index (Phi) is 7.25. The Morgan fingerprint density at radius 2 is 1.77 bits per heavy atom. The molecule has 1 fully saturated rings. The van der Waals surface area contributed by atoms with Crippen LogP contribution >= 0.6 is 23.2 Å². The molecule has 0 aliphatic carbocycles. The summed E-state index contributed by atoms with van der Waals surface area (Å²) in [6, 6.07) is 10.8. The molecule has 2 aromatic rings. The molecule has 2 aromatic carbocycles. The summed E-state index contributed by atoms with van der Waals surface area (Å²) in [6.45, 7) is 2.77. The Morgan fingerprint density at radius 3 is 2.43 bits per heavy atom. The van der Waals surface area contributed by atoms with Crippen LogP contribution in [0.3, 0.4) is 0 Å². The number of rotatable bonds is 6. The monoisotopic (exact) mass is 450 g/mol. The second kappa shape index (κ2) is 9.88. The standard InChI is InChI=1S/C20H20Cl2N4O4/c21-14-5-6-15(16(22)13-14)20(28)25-11-9-24(10-12-25)8-7-19(27)23-17-3-1-2-4-18(17)26(29)30/h1-6,13H,7-12H2,(H,23,27). The smallest absolute Gasteiger partial charge is 0.292 e. The van der Waals surface area contributed by atoms with E-state index in [-0.39, 0.29) is 29.6 Å². The van der Waals surface area contributed by atoms with Crippen LogP contribution in [0.2, 0.25) is 10.0 Å². The van der Waals surface area contributed by atoms with Gasteiger partial charge in [0.05, 0.1) is 15.5 Å². The molecule has 0 atom stereocenters. The molecule has 1 aliphatic heterocycles. The van der Waals surface area contributed by atoms with Gasteiger partial charge in [-0.3, -0.25) is 24.6 Å². The van der Waals surface area contributed by atoms with Gasteiger partial charge in [-0.05, 0) is 24.3 Å². The number of nitrogens with one attached hydrogen (secondary N) is 1. The van der Waals surface area contributed by atoms with E-state index in [1.807, 2.05) is 0 Å². The van der Waals surface area contributed by atoms with Crippen molar-refractivity contribution >= 4 is 46.4 Å². The normalized spacial score (nSPS) is 14.4. The van der Waals surface area contributed by atoms with Gasteiger partial charge in [-0.1, -0.05) is 35.3 Å². The highest BCUT2D eigenvalue weighted by molar-refractivity contribution is 6.36. The number of nitro benzene ring substituents is 1. The maximum absolute atomic E-state index is 12.7. The van der Waals surface area contributed by atoms with Crippen LogP contribution < -0.4 is 5.32 Å². The highest BCUT2D eigenvalue weighted by Crippen LogP contribution is 2.24. The van der Waals surface area contributed by atoms with Gasteiger partial charge in [0.2, 0.25) is 5.91 Å². The van der Waals surface area contributed by atoms with Gasteiger partial charge >= 0.3 is 0 Å². The van der Waals surface area contributed by atoms with Crippen LogP contribution in [0.15, 0.2) is 42.5 Å². The van der Waals surface area contributed by atoms with Gasteiger partial charge in [-0.2, -0.15) is 0 Å². The lowest BCUT2D eigenvalue weighted by molar-refractivity contribution is -0.383. The predicted octanol–water partition coefficient (Wildman–Crippen LogP) is 3.69. The minimum Gasteiger partial charge on any atom is -0.336 e. The highest BCUT2D eigenvalue weighted by atomic mass is 35.5. The maximum atomic E-state index is 12.7. The third kappa shape index (κ3) is 5.47. The molecule has 0 saturated carbocycles. The van der Waals surface area contributed by atoms with E-state index in [1.165, 1.54) is 12.1 Å². The van der Waals surface area contributed by atoms with Crippen LogP contribution in [-0.4, -0.2) is 59.3 Å². The van der Waals surface area contributed by atoms with Gasteiger partial charge in [0.15, 0.2) is 0 Å². The van der Waals surface area contributed by atoms with Crippen molar-refractivity contribution < 1.29 is 14.5 Å². The summed E-state index contributed by atoms with van der Waals surface area (Å²) in [5.41, 5.74) is 0.458. The fourth-order valence-corrected chi connectivity index (χ4v) is 3.71. The molecule has 2 amide bonds. The van der Waals surface area contributed by atoms with Crippen LogP contribution in [0.1, 0.15) is 16.8 Å². The van der Waals surface area contributed by atoms with Crippen LogP contribution in [0.4, 0.5) is 11.4 Å². The molecular formula is C20H20Cl2N4O4. The molecule has 1 saturated heterocycles. The number of hydrogen-bond donors (Lipinski definition) is 1. The van der Waals surface area contributed by atoms with Crippen LogP contribution in [0.5, 0.6) is 0 Å². The Labute approximate surface area is 183 Å². The second-order valence-corrected chi connectivity index (χ2v) is 7.67. The molecule has 1 aliphatic rings. The zero-order valence-corrected chi connectivity index (χ0v) is 17.5. The number of amides is 2. The number of nitro groups is 1. The zero-order valence-electron chi connectivity index (χ0n) is 16.0. The Morgan fingerprint density at radius 1 is 1.07 bits per heavy atom. The number of benzene rings is 2. The lowest BCUT2D eigenvalue weighted by atomic mass is 10.1. The largest absolute Gasteiger partial charge is 0.336 e. The van der Waals surface area contributed by atoms with E-state index in [4.69, 9.17) is 23.2 Å². The molecule has 10 heteroatoms. The van der Waals surface area contributed by atoms with Crippen LogP contribution in [-0.2, 0) is 4.79 Å². The van der Waals surface area contributed by atoms with Crippen molar-refractivity contribution in [2.75, 3.05) is 38.0 Å². The van der Waals surface area contributed by atoms with E-state index in [0.29, 0.717) is 48.3 Å². The first-order valence-electron chi connectivity index (χ1n) is 9.35. The first-order valence-corrected chi connectivity index (χ1v) is 10.1. The molecule has 0 spiro atoms. The molecule has 30 heavy (non-hydrogen) atoms. The predicted molar refractivity (Wildman–Crippen MR) is 115 cm³/mol. The third-order valence-corrected chi connectivity index (χ3v) is 5.40. The minimum atomic E-state index is -0.529. The Bertz CT molecular complexity index is 962. The number of carbonyl (C=O) groups excluding carboxylic acids is 2. The van der Waals surface area contributed by atoms with Gasteiger partial charge in [-0.25, -0.2) is 0 Å². The van der Waals surface area contributed by atoms with Gasteiger partial charge in [0.25, 0.3) is 11.6 Å². The van der Waals surface area contributed by atoms with Crippen molar-refractivity contribution in [1.29, 1.82) is 0 Å². The first-order chi connectivity index (χ1) is 14.3. The van der Waals surface area contributed by atoms with E-state index in [1.54, 1.807) is 35.2 Å². The summed E-state index contributed by atoms with van der Waals surface area (Å²) in [5.74, 6) is -0.443. The number of anilines is 1. The number of para-hydroxylation sites is 2. The zero-order chi connectivity index (χ0) is 21.7. The second-order valence-electron chi connectivity index (χ2n) is 6.83. The lowest BCUT2D eigenvalue weighted by Gasteiger charge is -2.34. The van der Waals surface area contributed by atoms with E-state index in [2.05, 4.69) is 10.2 Å². The van der Waals surface area contributed by atoms with Crippen molar-refractivity contribution in [3.63, 3.8) is 0 Å². The van der Waals surface area contributed by atoms with Crippen LogP contribution in [0, 0.1) is 10.1 Å². The summed E-state index contributed by atoms with van der Waals surface area (Å²) in [4.78, 5) is 39.2. The van der Waals surface area contributed by atoms with E-state index < -0.39 is 4.92 Å². The van der Waals surface area contributed by atoms with Gasteiger partial charge in [0, 0.05) is 50.2 Å². The maximum Gasteiger partial charge on any atom is 0.292 e. The molecule has 8 nitrogen and oxygen atoms in total. The molecule has 0 unspecified atom stereocenters. The number of piperazine rings is 1. The molecule has 158 valence electrons. The van der Waals surface area contributed by atoms with Crippen molar-refractivity contribution in [3.8, 4) is 0 Å². The number of hydrogen-bond acceptors (Lipinski definition) is 5. The third-order valence-electron chi connectivity index (χ3n) is 4.85. The average Bonchev–Trinajstić information content (AvgIpc) is 2.72. The van der Waals surface area contributed by atoms with Gasteiger partial charge in [-0.15, -0.1) is 0 Å². The highest BCUT2D eigenvalue weighted by Gasteiger charge is 2.24. The lowest BCUT2D eigenvalue weighted by Crippen LogP contribution is -2.49. The Balaban J connectivity index is 1.47. The first kappa shape index (κ1) is 22.0. The SMILES string of the molecule is O=C(CCN1CCN(C(=O)c2ccc(Cl)cc2Cl)CC1)Nc1ccccc1[N+](=O)[O-]. The number of carbonyl (C=O) groups is 2. The molecule has 3 rings (SSSR count). The van der Waals surface area contributed by atoms with Gasteiger partial charge < -0.3 is 10.2 Å². The molecule has 1 N–H and O–H groups in total. The van der Waals surface area contributed by atoms with Crippen LogP contribution in [0.25, 0.3) is 0 Å². The molecule has 0 aromatic heterocycles. The summed E-state index contributed by atoms with van der Waals surface area (Å²) >= 11 is 12.0. The van der Waals surface area contributed by atoms with E-state index in [9.17, 15) is 19.7 Å². The van der Waals surface area contributed by atoms with E-state index >= 15 is 0 Å². The fraction of sp³-hybridized carbons (Fsp3) is 0.300. The summed E-state index contributed by atoms with van der Waals surface area (Å²) < 4.78 is 0. The van der Waals surface area contributed by atoms with Crippen molar-refractivity contribution in [2.24, 2.45) is 0 Å². The topological polar surface area (TPSA) is 95.8 Å². The van der Waals surface area contributed by atoms with E-state index in [0.717, 1.165) is 0 Å². The quantitative estimate of drug-likeness (QED) is 0.534. The number of nitrogens with zero attached hydrogens (tertiary/aromatic N) is 3. The van der Waals surface area contributed by atoms with Gasteiger partial charge in [0.1, 0.15) is 5.69 Å². The number of halogens is 2.